The zero-order valence-corrected chi connectivity index (χ0v) is 13.3. The molecule has 0 bridgehead atoms. The molecule has 6 heteroatoms. The highest BCUT2D eigenvalue weighted by Gasteiger charge is 2.17. The SMILES string of the molecule is CC(C)C(NN(C)C#N)c1ccc2cc(OC(F)F)ccc2c1. The highest BCUT2D eigenvalue weighted by molar-refractivity contribution is 5.84. The molecule has 4 nitrogen and oxygen atoms in total. The number of hydrogen-bond donors (Lipinski definition) is 1. The number of fused-ring (bicyclic) bond motifs is 1. The normalized spacial score (nSPS) is 12.4. The van der Waals surface area contributed by atoms with Gasteiger partial charge in [0.1, 0.15) is 5.75 Å². The Hall–Kier alpha value is -2.39. The highest BCUT2D eigenvalue weighted by Crippen LogP contribution is 2.28. The van der Waals surface area contributed by atoms with Crippen LogP contribution < -0.4 is 10.2 Å². The number of rotatable bonds is 6. The second-order valence-corrected chi connectivity index (χ2v) is 5.66. The molecule has 0 aliphatic heterocycles. The molecule has 0 spiro atoms. The van der Waals surface area contributed by atoms with Gasteiger partial charge in [0, 0.05) is 7.05 Å². The fourth-order valence-corrected chi connectivity index (χ4v) is 2.46. The van der Waals surface area contributed by atoms with Gasteiger partial charge in [-0.2, -0.15) is 14.0 Å². The molecule has 0 saturated carbocycles. The molecule has 0 aromatic heterocycles. The Morgan fingerprint density at radius 2 is 1.78 bits per heavy atom. The van der Waals surface area contributed by atoms with Crippen LogP contribution in [0, 0.1) is 17.4 Å². The lowest BCUT2D eigenvalue weighted by Crippen LogP contribution is -2.36. The van der Waals surface area contributed by atoms with Crippen LogP contribution in [0.5, 0.6) is 5.75 Å². The Bertz CT molecular complexity index is 713. The van der Waals surface area contributed by atoms with Crippen molar-refractivity contribution in [2.24, 2.45) is 5.92 Å². The van der Waals surface area contributed by atoms with Crippen molar-refractivity contribution in [1.82, 2.24) is 10.4 Å². The Kier molecular flexibility index (Phi) is 5.35. The minimum Gasteiger partial charge on any atom is -0.435 e. The summed E-state index contributed by atoms with van der Waals surface area (Å²) < 4.78 is 29.0. The molecule has 0 radical (unpaired) electrons. The van der Waals surface area contributed by atoms with Crippen molar-refractivity contribution in [3.05, 3.63) is 42.0 Å². The molecule has 1 unspecified atom stereocenters. The largest absolute Gasteiger partial charge is 0.435 e. The maximum absolute atomic E-state index is 12.3. The van der Waals surface area contributed by atoms with E-state index in [1.54, 1.807) is 19.2 Å². The van der Waals surface area contributed by atoms with Crippen LogP contribution in [0.4, 0.5) is 8.78 Å². The Morgan fingerprint density at radius 1 is 1.13 bits per heavy atom. The van der Waals surface area contributed by atoms with Crippen LogP contribution in [-0.2, 0) is 0 Å². The molecule has 1 atom stereocenters. The molecule has 1 N–H and O–H groups in total. The van der Waals surface area contributed by atoms with Gasteiger partial charge in [0.05, 0.1) is 6.04 Å². The standard InChI is InChI=1S/C17H19F2N3O/c1-11(2)16(21-22(3)10-20)14-5-4-13-9-15(23-17(18)19)7-6-12(13)8-14/h4-9,11,16-17,21H,1-3H3. The number of nitrogens with zero attached hydrogens (tertiary/aromatic N) is 2. The molecular weight excluding hydrogens is 300 g/mol. The summed E-state index contributed by atoms with van der Waals surface area (Å²) in [5, 5.41) is 12.0. The minimum atomic E-state index is -2.83. The summed E-state index contributed by atoms with van der Waals surface area (Å²) in [5.41, 5.74) is 4.16. The van der Waals surface area contributed by atoms with E-state index < -0.39 is 6.61 Å². The van der Waals surface area contributed by atoms with Crippen LogP contribution in [0.3, 0.4) is 0 Å². The molecule has 0 fully saturated rings. The monoisotopic (exact) mass is 319 g/mol. The van der Waals surface area contributed by atoms with Gasteiger partial charge in [-0.05, 0) is 40.5 Å². The second kappa shape index (κ2) is 7.25. The van der Waals surface area contributed by atoms with Crippen LogP contribution in [-0.4, -0.2) is 18.7 Å². The molecule has 0 amide bonds. The molecule has 2 aromatic rings. The summed E-state index contributed by atoms with van der Waals surface area (Å²) in [4.78, 5) is 0. The summed E-state index contributed by atoms with van der Waals surface area (Å²) in [6, 6.07) is 10.6. The van der Waals surface area contributed by atoms with Gasteiger partial charge in [0.25, 0.3) is 0 Å². The van der Waals surface area contributed by atoms with Gasteiger partial charge in [0.15, 0.2) is 6.19 Å². The lowest BCUT2D eigenvalue weighted by molar-refractivity contribution is -0.0497. The fourth-order valence-electron chi connectivity index (χ4n) is 2.46. The first-order valence-corrected chi connectivity index (χ1v) is 7.29. The third-order valence-corrected chi connectivity index (χ3v) is 3.57. The van der Waals surface area contributed by atoms with Crippen molar-refractivity contribution < 1.29 is 13.5 Å². The van der Waals surface area contributed by atoms with Crippen LogP contribution in [0.25, 0.3) is 10.8 Å². The van der Waals surface area contributed by atoms with Crippen LogP contribution in [0.1, 0.15) is 25.5 Å². The van der Waals surface area contributed by atoms with Gasteiger partial charge in [0.2, 0.25) is 0 Å². The van der Waals surface area contributed by atoms with Gasteiger partial charge in [-0.3, -0.25) is 0 Å². The maximum Gasteiger partial charge on any atom is 0.387 e. The van der Waals surface area contributed by atoms with Crippen molar-refractivity contribution in [1.29, 1.82) is 5.26 Å². The molecule has 2 aromatic carbocycles. The molecule has 0 heterocycles. The third kappa shape index (κ3) is 4.30. The lowest BCUT2D eigenvalue weighted by atomic mass is 9.94. The average molecular weight is 319 g/mol. The summed E-state index contributed by atoms with van der Waals surface area (Å²) in [6.45, 7) is 1.29. The smallest absolute Gasteiger partial charge is 0.387 e. The topological polar surface area (TPSA) is 48.3 Å². The minimum absolute atomic E-state index is 0.0268. The summed E-state index contributed by atoms with van der Waals surface area (Å²) in [5.74, 6) is 0.410. The molecule has 122 valence electrons. The number of alkyl halides is 2. The Morgan fingerprint density at radius 3 is 2.39 bits per heavy atom. The Labute approximate surface area is 134 Å². The van der Waals surface area contributed by atoms with E-state index in [9.17, 15) is 8.78 Å². The van der Waals surface area contributed by atoms with Crippen molar-refractivity contribution in [3.63, 3.8) is 0 Å². The van der Waals surface area contributed by atoms with Crippen molar-refractivity contribution in [2.45, 2.75) is 26.5 Å². The van der Waals surface area contributed by atoms with E-state index in [2.05, 4.69) is 24.0 Å². The van der Waals surface area contributed by atoms with E-state index in [4.69, 9.17) is 5.26 Å². The lowest BCUT2D eigenvalue weighted by Gasteiger charge is -2.26. The van der Waals surface area contributed by atoms with Crippen molar-refractivity contribution in [3.8, 4) is 11.9 Å². The first-order valence-electron chi connectivity index (χ1n) is 7.29. The number of hydrogen-bond acceptors (Lipinski definition) is 4. The number of hydrazine groups is 1. The van der Waals surface area contributed by atoms with E-state index in [0.29, 0.717) is 0 Å². The molecule has 0 saturated heterocycles. The average Bonchev–Trinajstić information content (AvgIpc) is 2.51. The number of benzene rings is 2. The van der Waals surface area contributed by atoms with Crippen LogP contribution in [0.2, 0.25) is 0 Å². The predicted octanol–water partition coefficient (Wildman–Crippen LogP) is 4.06. The van der Waals surface area contributed by atoms with Crippen LogP contribution >= 0.6 is 0 Å². The van der Waals surface area contributed by atoms with Gasteiger partial charge in [-0.15, -0.1) is 0 Å². The van der Waals surface area contributed by atoms with E-state index in [1.165, 1.54) is 11.1 Å². The van der Waals surface area contributed by atoms with E-state index in [0.717, 1.165) is 16.3 Å². The molecule has 0 aliphatic carbocycles. The number of nitrogens with one attached hydrogen (secondary N) is 1. The maximum atomic E-state index is 12.3. The molecule has 0 aliphatic rings. The molecule has 23 heavy (non-hydrogen) atoms. The van der Waals surface area contributed by atoms with E-state index in [1.807, 2.05) is 24.4 Å². The molecular formula is C17H19F2N3O. The third-order valence-electron chi connectivity index (χ3n) is 3.57. The quantitative estimate of drug-likeness (QED) is 0.495. The summed E-state index contributed by atoms with van der Waals surface area (Å²) in [6.07, 6.45) is 2.02. The van der Waals surface area contributed by atoms with Crippen LogP contribution in [0.15, 0.2) is 36.4 Å². The van der Waals surface area contributed by atoms with Gasteiger partial charge >= 0.3 is 6.61 Å². The Balaban J connectivity index is 2.33. The van der Waals surface area contributed by atoms with E-state index >= 15 is 0 Å². The highest BCUT2D eigenvalue weighted by atomic mass is 19.3. The number of ether oxygens (including phenoxy) is 1. The summed E-state index contributed by atoms with van der Waals surface area (Å²) in [7, 11) is 1.66. The predicted molar refractivity (Wildman–Crippen MR) is 84.7 cm³/mol. The second-order valence-electron chi connectivity index (χ2n) is 5.66. The van der Waals surface area contributed by atoms with Gasteiger partial charge in [-0.1, -0.05) is 32.0 Å². The number of nitriles is 1. The van der Waals surface area contributed by atoms with Crippen molar-refractivity contribution >= 4 is 10.8 Å². The number of halogens is 2. The van der Waals surface area contributed by atoms with E-state index in [-0.39, 0.29) is 17.7 Å². The van der Waals surface area contributed by atoms with Gasteiger partial charge in [-0.25, -0.2) is 10.4 Å². The first kappa shape index (κ1) is 17.0. The fraction of sp³-hybridized carbons (Fsp3) is 0.353. The molecule has 2 rings (SSSR count). The first-order chi connectivity index (χ1) is 10.9. The zero-order chi connectivity index (χ0) is 17.0. The zero-order valence-electron chi connectivity index (χ0n) is 13.3. The van der Waals surface area contributed by atoms with Crippen molar-refractivity contribution in [2.75, 3.05) is 7.05 Å². The summed E-state index contributed by atoms with van der Waals surface area (Å²) >= 11 is 0. The van der Waals surface area contributed by atoms with Gasteiger partial charge < -0.3 is 4.74 Å².